The fourth-order valence-corrected chi connectivity index (χ4v) is 3.37. The molecule has 32 heavy (non-hydrogen) atoms. The number of furan rings is 1. The first-order valence-electron chi connectivity index (χ1n) is 10.1. The summed E-state index contributed by atoms with van der Waals surface area (Å²) in [6, 6.07) is 12.8. The number of esters is 1. The number of carbonyl (C=O) groups is 2. The van der Waals surface area contributed by atoms with Crippen molar-refractivity contribution in [3.63, 3.8) is 0 Å². The number of hydrazone groups is 1. The molecule has 3 heterocycles. The highest BCUT2D eigenvalue weighted by molar-refractivity contribution is 6.03. The highest BCUT2D eigenvalue weighted by Crippen LogP contribution is 2.33. The number of ether oxygens (including phenoxy) is 1. The van der Waals surface area contributed by atoms with Crippen molar-refractivity contribution in [3.05, 3.63) is 78.0 Å². The van der Waals surface area contributed by atoms with Crippen LogP contribution in [0.2, 0.25) is 0 Å². The Hall–Kier alpha value is -4.01. The highest BCUT2D eigenvalue weighted by Gasteiger charge is 2.35. The summed E-state index contributed by atoms with van der Waals surface area (Å²) in [6.45, 7) is 1.50. The van der Waals surface area contributed by atoms with E-state index in [4.69, 9.17) is 9.15 Å². The second kappa shape index (κ2) is 9.42. The van der Waals surface area contributed by atoms with Gasteiger partial charge in [-0.05, 0) is 30.7 Å². The Balaban J connectivity index is 1.42. The zero-order chi connectivity index (χ0) is 22.5. The van der Waals surface area contributed by atoms with E-state index in [1.165, 1.54) is 5.01 Å². The van der Waals surface area contributed by atoms with Gasteiger partial charge in [0, 0.05) is 25.9 Å². The van der Waals surface area contributed by atoms with E-state index >= 15 is 0 Å². The number of aryl methyl sites for hydroxylation is 1. The SMILES string of the molecule is Cc1ccc(C2=NN(C(=O)COC(=O)CN(C)c3ncccn3)C(c3ccco3)C2)cc1. The second-order valence-corrected chi connectivity index (χ2v) is 7.45. The quantitative estimate of drug-likeness (QED) is 0.528. The molecular formula is C23H23N5O4. The van der Waals surface area contributed by atoms with Crippen molar-refractivity contribution >= 4 is 23.5 Å². The summed E-state index contributed by atoms with van der Waals surface area (Å²) in [5, 5.41) is 5.87. The third kappa shape index (κ3) is 4.83. The van der Waals surface area contributed by atoms with Gasteiger partial charge >= 0.3 is 5.97 Å². The van der Waals surface area contributed by atoms with Crippen molar-refractivity contribution in [2.45, 2.75) is 19.4 Å². The molecule has 4 rings (SSSR count). The molecule has 0 spiro atoms. The first kappa shape index (κ1) is 21.2. The maximum atomic E-state index is 12.9. The van der Waals surface area contributed by atoms with E-state index in [-0.39, 0.29) is 6.54 Å². The third-order valence-electron chi connectivity index (χ3n) is 5.04. The molecule has 0 radical (unpaired) electrons. The number of nitrogens with zero attached hydrogens (tertiary/aromatic N) is 5. The van der Waals surface area contributed by atoms with Gasteiger partial charge in [-0.2, -0.15) is 5.10 Å². The number of amides is 1. The Morgan fingerprint density at radius 3 is 2.59 bits per heavy atom. The number of likely N-dealkylation sites (N-methyl/N-ethyl adjacent to an activating group) is 1. The maximum absolute atomic E-state index is 12.9. The Morgan fingerprint density at radius 2 is 1.91 bits per heavy atom. The van der Waals surface area contributed by atoms with E-state index in [2.05, 4.69) is 15.1 Å². The maximum Gasteiger partial charge on any atom is 0.326 e. The van der Waals surface area contributed by atoms with Crippen molar-refractivity contribution in [2.24, 2.45) is 5.10 Å². The van der Waals surface area contributed by atoms with Crippen LogP contribution in [0.1, 0.15) is 29.3 Å². The van der Waals surface area contributed by atoms with Crippen LogP contribution < -0.4 is 4.90 Å². The van der Waals surface area contributed by atoms with Crippen molar-refractivity contribution in [1.29, 1.82) is 0 Å². The lowest BCUT2D eigenvalue weighted by atomic mass is 10.0. The number of rotatable bonds is 7. The lowest BCUT2D eigenvalue weighted by Crippen LogP contribution is -2.34. The Bertz CT molecular complexity index is 1100. The molecule has 1 aromatic carbocycles. The molecule has 0 aliphatic carbocycles. The smallest absolute Gasteiger partial charge is 0.326 e. The van der Waals surface area contributed by atoms with Gasteiger partial charge in [0.15, 0.2) is 6.61 Å². The molecule has 2 aromatic heterocycles. The van der Waals surface area contributed by atoms with Gasteiger partial charge in [0.1, 0.15) is 18.3 Å². The van der Waals surface area contributed by atoms with Crippen LogP contribution in [-0.2, 0) is 14.3 Å². The Morgan fingerprint density at radius 1 is 1.16 bits per heavy atom. The number of hydrogen-bond acceptors (Lipinski definition) is 8. The lowest BCUT2D eigenvalue weighted by Gasteiger charge is -2.20. The monoisotopic (exact) mass is 433 g/mol. The van der Waals surface area contributed by atoms with Crippen LogP contribution in [0.5, 0.6) is 0 Å². The molecule has 9 heteroatoms. The molecule has 0 saturated carbocycles. The fraction of sp³-hybridized carbons (Fsp3) is 0.261. The van der Waals surface area contributed by atoms with Crippen LogP contribution >= 0.6 is 0 Å². The third-order valence-corrected chi connectivity index (χ3v) is 5.04. The summed E-state index contributed by atoms with van der Waals surface area (Å²) in [6.07, 6.45) is 5.23. The molecule has 0 saturated heterocycles. The van der Waals surface area contributed by atoms with E-state index in [1.807, 2.05) is 31.2 Å². The summed E-state index contributed by atoms with van der Waals surface area (Å²) < 4.78 is 10.7. The van der Waals surface area contributed by atoms with E-state index in [0.717, 1.165) is 16.8 Å². The molecule has 1 atom stereocenters. The predicted octanol–water partition coefficient (Wildman–Crippen LogP) is 2.74. The molecule has 1 aliphatic rings. The summed E-state index contributed by atoms with van der Waals surface area (Å²) in [5.74, 6) is 0.0160. The van der Waals surface area contributed by atoms with Gasteiger partial charge in [-0.1, -0.05) is 29.8 Å². The minimum atomic E-state index is -0.565. The number of aromatic nitrogens is 2. The summed E-state index contributed by atoms with van der Waals surface area (Å²) in [4.78, 5) is 34.8. The summed E-state index contributed by atoms with van der Waals surface area (Å²) in [5.41, 5.74) is 2.84. The standard InChI is InChI=1S/C23H23N5O4/c1-16-6-8-17(9-7-16)18-13-19(20-5-3-12-31-20)28(26-18)21(29)15-32-22(30)14-27(2)23-24-10-4-11-25-23/h3-12,19H,13-15H2,1-2H3. The molecule has 9 nitrogen and oxygen atoms in total. The number of carbonyl (C=O) groups excluding carboxylic acids is 2. The van der Waals surface area contributed by atoms with Crippen LogP contribution in [0.3, 0.4) is 0 Å². The summed E-state index contributed by atoms with van der Waals surface area (Å²) in [7, 11) is 1.67. The summed E-state index contributed by atoms with van der Waals surface area (Å²) >= 11 is 0. The minimum absolute atomic E-state index is 0.0865. The highest BCUT2D eigenvalue weighted by atomic mass is 16.5. The number of hydrogen-bond donors (Lipinski definition) is 0. The fourth-order valence-electron chi connectivity index (χ4n) is 3.37. The van der Waals surface area contributed by atoms with Gasteiger partial charge in [-0.25, -0.2) is 15.0 Å². The van der Waals surface area contributed by atoms with Crippen molar-refractivity contribution in [3.8, 4) is 0 Å². The van der Waals surface area contributed by atoms with Crippen LogP contribution in [0.4, 0.5) is 5.95 Å². The van der Waals surface area contributed by atoms with Gasteiger partial charge in [0.25, 0.3) is 5.91 Å². The molecule has 3 aromatic rings. The predicted molar refractivity (Wildman–Crippen MR) is 117 cm³/mol. The average Bonchev–Trinajstić information content (AvgIpc) is 3.48. The van der Waals surface area contributed by atoms with Crippen LogP contribution in [-0.4, -0.2) is 52.8 Å². The minimum Gasteiger partial charge on any atom is -0.467 e. The zero-order valence-electron chi connectivity index (χ0n) is 17.8. The number of benzene rings is 1. The molecule has 1 unspecified atom stereocenters. The molecule has 0 fully saturated rings. The normalized spacial score (nSPS) is 15.4. The zero-order valence-corrected chi connectivity index (χ0v) is 17.8. The van der Waals surface area contributed by atoms with E-state index in [1.54, 1.807) is 48.8 Å². The van der Waals surface area contributed by atoms with E-state index < -0.39 is 24.5 Å². The molecule has 0 N–H and O–H groups in total. The average molecular weight is 433 g/mol. The largest absolute Gasteiger partial charge is 0.467 e. The molecule has 164 valence electrons. The molecule has 1 amide bonds. The first-order valence-corrected chi connectivity index (χ1v) is 10.1. The molecule has 1 aliphatic heterocycles. The first-order chi connectivity index (χ1) is 15.5. The van der Waals surface area contributed by atoms with Crippen molar-refractivity contribution in [2.75, 3.05) is 25.1 Å². The van der Waals surface area contributed by atoms with Crippen molar-refractivity contribution < 1.29 is 18.7 Å². The van der Waals surface area contributed by atoms with Gasteiger partial charge in [0.05, 0.1) is 12.0 Å². The van der Waals surface area contributed by atoms with Crippen LogP contribution in [0, 0.1) is 6.92 Å². The Kier molecular flexibility index (Phi) is 6.25. The number of anilines is 1. The second-order valence-electron chi connectivity index (χ2n) is 7.45. The van der Waals surface area contributed by atoms with Crippen molar-refractivity contribution in [1.82, 2.24) is 15.0 Å². The lowest BCUT2D eigenvalue weighted by molar-refractivity contribution is -0.151. The van der Waals surface area contributed by atoms with Crippen LogP contribution in [0.15, 0.2) is 70.6 Å². The Labute approximate surface area is 185 Å². The van der Waals surface area contributed by atoms with Crippen LogP contribution in [0.25, 0.3) is 0 Å². The van der Waals surface area contributed by atoms with E-state index in [9.17, 15) is 9.59 Å². The van der Waals surface area contributed by atoms with Gasteiger partial charge < -0.3 is 14.1 Å². The van der Waals surface area contributed by atoms with Gasteiger partial charge in [-0.3, -0.25) is 9.59 Å². The van der Waals surface area contributed by atoms with E-state index in [0.29, 0.717) is 18.1 Å². The molecular weight excluding hydrogens is 410 g/mol. The van der Waals surface area contributed by atoms with Gasteiger partial charge in [0.2, 0.25) is 5.95 Å². The van der Waals surface area contributed by atoms with Gasteiger partial charge in [-0.15, -0.1) is 0 Å². The topological polar surface area (TPSA) is 101 Å². The molecule has 0 bridgehead atoms.